The van der Waals surface area contributed by atoms with E-state index >= 15 is 0 Å². The average molecular weight is 275 g/mol. The minimum Gasteiger partial charge on any atom is -0.288 e. The van der Waals surface area contributed by atoms with Crippen LogP contribution in [0.2, 0.25) is 0 Å². The molecule has 0 saturated carbocycles. The summed E-state index contributed by atoms with van der Waals surface area (Å²) in [7, 11) is 0. The van der Waals surface area contributed by atoms with Crippen molar-refractivity contribution in [2.24, 2.45) is 0 Å². The Hall–Kier alpha value is -2.75. The lowest BCUT2D eigenvalue weighted by Gasteiger charge is -2.14. The fourth-order valence-electron chi connectivity index (χ4n) is 2.67. The first-order valence-corrected chi connectivity index (χ1v) is 6.86. The van der Waals surface area contributed by atoms with Crippen LogP contribution in [0.25, 0.3) is 11.0 Å². The van der Waals surface area contributed by atoms with E-state index in [-0.39, 0.29) is 5.91 Å². The molecule has 0 N–H and O–H groups in total. The lowest BCUT2D eigenvalue weighted by molar-refractivity contribution is 0.0996. The maximum atomic E-state index is 12.5. The number of hydrogen-bond acceptors (Lipinski definition) is 3. The summed E-state index contributed by atoms with van der Waals surface area (Å²) in [4.78, 5) is 23.1. The smallest absolute Gasteiger partial charge is 0.260 e. The summed E-state index contributed by atoms with van der Waals surface area (Å²) >= 11 is 0. The van der Waals surface area contributed by atoms with Gasteiger partial charge in [-0.1, -0.05) is 18.2 Å². The van der Waals surface area contributed by atoms with Gasteiger partial charge in [-0.15, -0.1) is 0 Å². The van der Waals surface area contributed by atoms with Crippen LogP contribution in [0.5, 0.6) is 0 Å². The number of anilines is 1. The summed E-state index contributed by atoms with van der Waals surface area (Å²) in [6.45, 7) is 2.50. The van der Waals surface area contributed by atoms with Gasteiger partial charge in [-0.05, 0) is 42.8 Å². The maximum absolute atomic E-state index is 12.5. The van der Waals surface area contributed by atoms with Crippen LogP contribution in [0.15, 0.2) is 48.5 Å². The number of carbonyl (C=O) groups is 1. The topological polar surface area (TPSA) is 46.1 Å². The van der Waals surface area contributed by atoms with Gasteiger partial charge in [-0.2, -0.15) is 0 Å². The van der Waals surface area contributed by atoms with E-state index in [2.05, 4.69) is 9.97 Å². The minimum atomic E-state index is 0.00473. The SMILES string of the molecule is Cc1ccc2ccc(N3Cc4ccccc4C3=O)nc2n1. The Morgan fingerprint density at radius 3 is 2.67 bits per heavy atom. The Morgan fingerprint density at radius 1 is 1.00 bits per heavy atom. The van der Waals surface area contributed by atoms with Crippen molar-refractivity contribution >= 4 is 22.8 Å². The van der Waals surface area contributed by atoms with Crippen LogP contribution in [0.1, 0.15) is 21.6 Å². The summed E-state index contributed by atoms with van der Waals surface area (Å²) in [6.07, 6.45) is 0. The van der Waals surface area contributed by atoms with Gasteiger partial charge in [0, 0.05) is 16.6 Å². The Balaban J connectivity index is 1.80. The fraction of sp³-hybridized carbons (Fsp3) is 0.118. The molecule has 1 amide bonds. The lowest BCUT2D eigenvalue weighted by atomic mass is 10.1. The first-order chi connectivity index (χ1) is 10.2. The van der Waals surface area contributed by atoms with Crippen molar-refractivity contribution in [2.45, 2.75) is 13.5 Å². The van der Waals surface area contributed by atoms with Crippen LogP contribution in [-0.2, 0) is 6.54 Å². The molecule has 102 valence electrons. The van der Waals surface area contributed by atoms with Crippen molar-refractivity contribution < 1.29 is 4.79 Å². The largest absolute Gasteiger partial charge is 0.288 e. The molecule has 4 nitrogen and oxygen atoms in total. The van der Waals surface area contributed by atoms with Gasteiger partial charge in [-0.3, -0.25) is 9.69 Å². The second kappa shape index (κ2) is 4.38. The van der Waals surface area contributed by atoms with E-state index in [0.717, 1.165) is 22.2 Å². The third kappa shape index (κ3) is 1.88. The molecule has 1 aromatic carbocycles. The van der Waals surface area contributed by atoms with E-state index in [4.69, 9.17) is 0 Å². The first kappa shape index (κ1) is 12.0. The number of nitrogens with zero attached hydrogens (tertiary/aromatic N) is 3. The average Bonchev–Trinajstić information content (AvgIpc) is 2.84. The third-order valence-corrected chi connectivity index (χ3v) is 3.77. The minimum absolute atomic E-state index is 0.00473. The van der Waals surface area contributed by atoms with Crippen molar-refractivity contribution in [3.8, 4) is 0 Å². The molecule has 4 heteroatoms. The molecule has 21 heavy (non-hydrogen) atoms. The predicted molar refractivity (Wildman–Crippen MR) is 81.2 cm³/mol. The molecule has 3 aromatic rings. The molecule has 2 aromatic heterocycles. The summed E-state index contributed by atoms with van der Waals surface area (Å²) in [5.41, 5.74) is 3.40. The summed E-state index contributed by atoms with van der Waals surface area (Å²) in [5, 5.41) is 0.980. The third-order valence-electron chi connectivity index (χ3n) is 3.77. The molecule has 0 unspecified atom stereocenters. The van der Waals surface area contributed by atoms with Gasteiger partial charge >= 0.3 is 0 Å². The first-order valence-electron chi connectivity index (χ1n) is 6.86. The van der Waals surface area contributed by atoms with Gasteiger partial charge in [0.1, 0.15) is 5.82 Å². The maximum Gasteiger partial charge on any atom is 0.260 e. The predicted octanol–water partition coefficient (Wildman–Crippen LogP) is 3.10. The Kier molecular flexibility index (Phi) is 2.51. The number of fused-ring (bicyclic) bond motifs is 2. The van der Waals surface area contributed by atoms with Crippen molar-refractivity contribution in [1.82, 2.24) is 9.97 Å². The number of aryl methyl sites for hydroxylation is 1. The van der Waals surface area contributed by atoms with Gasteiger partial charge in [0.25, 0.3) is 5.91 Å². The number of benzene rings is 1. The summed E-state index contributed by atoms with van der Waals surface area (Å²) in [6, 6.07) is 15.5. The molecule has 1 aliphatic heterocycles. The number of pyridine rings is 2. The van der Waals surface area contributed by atoms with Crippen molar-refractivity contribution in [1.29, 1.82) is 0 Å². The van der Waals surface area contributed by atoms with Crippen LogP contribution in [0.4, 0.5) is 5.82 Å². The highest BCUT2D eigenvalue weighted by Crippen LogP contribution is 2.27. The van der Waals surface area contributed by atoms with Crippen LogP contribution < -0.4 is 4.90 Å². The normalized spacial score (nSPS) is 13.8. The number of carbonyl (C=O) groups excluding carboxylic acids is 1. The Labute approximate surface area is 122 Å². The van der Waals surface area contributed by atoms with Crippen LogP contribution in [0, 0.1) is 6.92 Å². The van der Waals surface area contributed by atoms with Crippen LogP contribution in [0.3, 0.4) is 0 Å². The molecule has 0 atom stereocenters. The van der Waals surface area contributed by atoms with E-state index in [1.807, 2.05) is 55.5 Å². The summed E-state index contributed by atoms with van der Waals surface area (Å²) < 4.78 is 0. The van der Waals surface area contributed by atoms with Crippen LogP contribution in [-0.4, -0.2) is 15.9 Å². The molecule has 0 radical (unpaired) electrons. The van der Waals surface area contributed by atoms with E-state index in [9.17, 15) is 4.79 Å². The van der Waals surface area contributed by atoms with Gasteiger partial charge in [0.15, 0.2) is 5.65 Å². The zero-order valence-corrected chi connectivity index (χ0v) is 11.6. The second-order valence-electron chi connectivity index (χ2n) is 5.22. The highest BCUT2D eigenvalue weighted by atomic mass is 16.2. The van der Waals surface area contributed by atoms with Crippen molar-refractivity contribution in [3.63, 3.8) is 0 Å². The Bertz CT molecular complexity index is 873. The highest BCUT2D eigenvalue weighted by Gasteiger charge is 2.28. The molecular weight excluding hydrogens is 262 g/mol. The molecule has 3 heterocycles. The molecule has 0 bridgehead atoms. The molecule has 4 rings (SSSR count). The number of hydrogen-bond donors (Lipinski definition) is 0. The van der Waals surface area contributed by atoms with Gasteiger partial charge in [0.05, 0.1) is 6.54 Å². The summed E-state index contributed by atoms with van der Waals surface area (Å²) in [5.74, 6) is 0.659. The number of rotatable bonds is 1. The van der Waals surface area contributed by atoms with Crippen LogP contribution >= 0.6 is 0 Å². The molecule has 0 fully saturated rings. The number of aromatic nitrogens is 2. The highest BCUT2D eigenvalue weighted by molar-refractivity contribution is 6.09. The molecular formula is C17H13N3O. The lowest BCUT2D eigenvalue weighted by Crippen LogP contribution is -2.24. The van der Waals surface area contributed by atoms with Crippen molar-refractivity contribution in [2.75, 3.05) is 4.90 Å². The fourth-order valence-corrected chi connectivity index (χ4v) is 2.67. The Morgan fingerprint density at radius 2 is 1.81 bits per heavy atom. The molecule has 0 aliphatic carbocycles. The van der Waals surface area contributed by atoms with Gasteiger partial charge in [-0.25, -0.2) is 9.97 Å². The van der Waals surface area contributed by atoms with Gasteiger partial charge < -0.3 is 0 Å². The van der Waals surface area contributed by atoms with E-state index in [0.29, 0.717) is 18.0 Å². The second-order valence-corrected chi connectivity index (χ2v) is 5.22. The molecule has 0 spiro atoms. The molecule has 0 saturated heterocycles. The zero-order chi connectivity index (χ0) is 14.4. The van der Waals surface area contributed by atoms with Crippen molar-refractivity contribution in [3.05, 3.63) is 65.4 Å². The zero-order valence-electron chi connectivity index (χ0n) is 11.6. The standard InChI is InChI=1S/C17H13N3O/c1-11-6-7-12-8-9-15(19-16(12)18-11)20-10-13-4-2-3-5-14(13)17(20)21/h2-9H,10H2,1H3. The molecule has 1 aliphatic rings. The van der Waals surface area contributed by atoms with E-state index in [1.165, 1.54) is 0 Å². The quantitative estimate of drug-likeness (QED) is 0.685. The van der Waals surface area contributed by atoms with Gasteiger partial charge in [0.2, 0.25) is 0 Å². The number of amides is 1. The van der Waals surface area contributed by atoms with E-state index in [1.54, 1.807) is 4.90 Å². The van der Waals surface area contributed by atoms with E-state index < -0.39 is 0 Å². The monoisotopic (exact) mass is 275 g/mol.